The third-order valence-corrected chi connectivity index (χ3v) is 4.61. The minimum Gasteiger partial charge on any atom is -0.462 e. The first kappa shape index (κ1) is 17.0. The first-order valence-electron chi connectivity index (χ1n) is 8.97. The molecule has 0 unspecified atom stereocenters. The second kappa shape index (κ2) is 7.42. The summed E-state index contributed by atoms with van der Waals surface area (Å²) in [6, 6.07) is 24.3. The largest absolute Gasteiger partial charge is 0.462 e. The molecule has 2 aliphatic carbocycles. The van der Waals surface area contributed by atoms with Crippen molar-refractivity contribution in [3.63, 3.8) is 0 Å². The maximum absolute atomic E-state index is 11.9. The van der Waals surface area contributed by atoms with Gasteiger partial charge in [-0.05, 0) is 70.6 Å². The summed E-state index contributed by atoms with van der Waals surface area (Å²) in [6.45, 7) is 2.18. The molecule has 1 aromatic carbocycles. The summed E-state index contributed by atoms with van der Waals surface area (Å²) < 4.78 is 5.07. The molecule has 0 spiro atoms. The maximum atomic E-state index is 11.9. The fraction of sp³-hybridized carbons (Fsp3) is 0.0833. The molecule has 132 valence electrons. The number of carbonyl (C=O) groups is 1. The van der Waals surface area contributed by atoms with Crippen LogP contribution in [0.3, 0.4) is 0 Å². The normalized spacial score (nSPS) is 10.7. The number of carbonyl (C=O) groups excluding carboxylic acids is 1. The summed E-state index contributed by atoms with van der Waals surface area (Å²) in [6.07, 6.45) is 3.62. The lowest BCUT2D eigenvalue weighted by Gasteiger charge is -2.05. The zero-order valence-corrected chi connectivity index (χ0v) is 15.1. The van der Waals surface area contributed by atoms with Crippen LogP contribution in [0, 0.1) is 0 Å². The van der Waals surface area contributed by atoms with E-state index in [4.69, 9.17) is 4.74 Å². The first-order valence-corrected chi connectivity index (χ1v) is 8.97. The van der Waals surface area contributed by atoms with Crippen molar-refractivity contribution in [1.29, 1.82) is 0 Å². The third kappa shape index (κ3) is 3.32. The van der Waals surface area contributed by atoms with Gasteiger partial charge >= 0.3 is 5.97 Å². The average molecular weight is 353 g/mol. The molecule has 0 saturated carbocycles. The molecular weight excluding hydrogens is 334 g/mol. The fourth-order valence-electron chi connectivity index (χ4n) is 3.33. The van der Waals surface area contributed by atoms with Gasteiger partial charge in [-0.2, -0.15) is 0 Å². The van der Waals surface area contributed by atoms with Gasteiger partial charge in [0.1, 0.15) is 0 Å². The van der Waals surface area contributed by atoms with E-state index in [1.165, 1.54) is 16.7 Å². The number of ether oxygens (including phenoxy) is 1. The number of hydrogen-bond donors (Lipinski definition) is 0. The van der Waals surface area contributed by atoms with Crippen LogP contribution in [0.1, 0.15) is 17.3 Å². The number of rotatable bonds is 4. The van der Waals surface area contributed by atoms with Gasteiger partial charge in [-0.3, -0.25) is 4.98 Å². The molecule has 4 rings (SSSR count). The van der Waals surface area contributed by atoms with Crippen molar-refractivity contribution in [2.45, 2.75) is 6.92 Å². The van der Waals surface area contributed by atoms with Crippen LogP contribution in [0.25, 0.3) is 33.4 Å². The van der Waals surface area contributed by atoms with Crippen LogP contribution in [0.2, 0.25) is 0 Å². The predicted octanol–water partition coefficient (Wildman–Crippen LogP) is 5.70. The maximum Gasteiger partial charge on any atom is 0.338 e. The van der Waals surface area contributed by atoms with E-state index >= 15 is 0 Å². The van der Waals surface area contributed by atoms with Gasteiger partial charge in [-0.25, -0.2) is 4.79 Å². The van der Waals surface area contributed by atoms with Crippen LogP contribution in [0.5, 0.6) is 0 Å². The third-order valence-electron chi connectivity index (χ3n) is 4.61. The zero-order valence-electron chi connectivity index (χ0n) is 15.1. The van der Waals surface area contributed by atoms with Crippen LogP contribution in [-0.4, -0.2) is 17.6 Å². The van der Waals surface area contributed by atoms with Crippen molar-refractivity contribution in [2.24, 2.45) is 0 Å². The number of nitrogens with zero attached hydrogens (tertiary/aromatic N) is 1. The highest BCUT2D eigenvalue weighted by Crippen LogP contribution is 2.43. The van der Waals surface area contributed by atoms with Gasteiger partial charge in [-0.1, -0.05) is 42.5 Å². The lowest BCUT2D eigenvalue weighted by Crippen LogP contribution is -2.03. The molecule has 3 nitrogen and oxygen atoms in total. The van der Waals surface area contributed by atoms with Crippen LogP contribution in [0.15, 0.2) is 85.2 Å². The van der Waals surface area contributed by atoms with E-state index in [1.807, 2.05) is 61.8 Å². The standard InChI is InChI=1S/C24H19NO2/c1-2-27-24(26)19-10-8-17(9-11-19)22-16-23(18-12-14-25-15-13-18)21-7-5-3-4-6-20(21)22/h3-16H,2H2,1H3. The number of aromatic nitrogens is 1. The Hall–Kier alpha value is -3.46. The molecule has 0 bridgehead atoms. The lowest BCUT2D eigenvalue weighted by molar-refractivity contribution is 0.0526. The second-order valence-electron chi connectivity index (χ2n) is 6.24. The smallest absolute Gasteiger partial charge is 0.338 e. The van der Waals surface area contributed by atoms with Gasteiger partial charge in [0.05, 0.1) is 12.2 Å². The SMILES string of the molecule is CCOC(=O)c1ccc(-c2cc(-c3ccncc3)c3cccccc2-3)cc1. The summed E-state index contributed by atoms with van der Waals surface area (Å²) in [5.74, 6) is -0.291. The Labute approximate surface area is 158 Å². The van der Waals surface area contributed by atoms with Crippen molar-refractivity contribution in [3.05, 3.63) is 90.8 Å². The number of pyridine rings is 1. The van der Waals surface area contributed by atoms with E-state index in [0.29, 0.717) is 12.2 Å². The molecular formula is C24H19NO2. The Balaban J connectivity index is 1.82. The molecule has 0 aliphatic heterocycles. The molecule has 0 N–H and O–H groups in total. The van der Waals surface area contributed by atoms with Crippen molar-refractivity contribution in [1.82, 2.24) is 4.98 Å². The molecule has 1 aromatic heterocycles. The molecule has 27 heavy (non-hydrogen) atoms. The highest BCUT2D eigenvalue weighted by atomic mass is 16.5. The van der Waals surface area contributed by atoms with Crippen LogP contribution in [-0.2, 0) is 4.74 Å². The predicted molar refractivity (Wildman–Crippen MR) is 108 cm³/mol. The minimum absolute atomic E-state index is 0.291. The Morgan fingerprint density at radius 3 is 1.96 bits per heavy atom. The first-order chi connectivity index (χ1) is 13.3. The summed E-state index contributed by atoms with van der Waals surface area (Å²) in [4.78, 5) is 16.0. The zero-order chi connectivity index (χ0) is 18.6. The van der Waals surface area contributed by atoms with Crippen LogP contribution < -0.4 is 0 Å². The number of hydrogen-bond acceptors (Lipinski definition) is 3. The molecule has 0 saturated heterocycles. The van der Waals surface area contributed by atoms with Crippen molar-refractivity contribution in [3.8, 4) is 33.4 Å². The molecule has 0 amide bonds. The van der Waals surface area contributed by atoms with Crippen LogP contribution in [0.4, 0.5) is 0 Å². The van der Waals surface area contributed by atoms with Crippen molar-refractivity contribution >= 4 is 5.97 Å². The molecule has 0 radical (unpaired) electrons. The Bertz CT molecular complexity index is 1040. The van der Waals surface area contributed by atoms with Gasteiger partial charge in [0.2, 0.25) is 0 Å². The summed E-state index contributed by atoms with van der Waals surface area (Å²) in [5, 5.41) is 0. The summed E-state index contributed by atoms with van der Waals surface area (Å²) >= 11 is 0. The molecule has 3 heteroatoms. The minimum atomic E-state index is -0.291. The number of esters is 1. The molecule has 0 fully saturated rings. The van der Waals surface area contributed by atoms with E-state index in [1.54, 1.807) is 0 Å². The van der Waals surface area contributed by atoms with Gasteiger partial charge < -0.3 is 4.74 Å². The van der Waals surface area contributed by atoms with E-state index in [-0.39, 0.29) is 5.97 Å². The summed E-state index contributed by atoms with van der Waals surface area (Å²) in [7, 11) is 0. The topological polar surface area (TPSA) is 39.2 Å². The van der Waals surface area contributed by atoms with Gasteiger partial charge in [0.25, 0.3) is 0 Å². The van der Waals surface area contributed by atoms with Crippen LogP contribution >= 0.6 is 0 Å². The second-order valence-corrected chi connectivity index (χ2v) is 6.24. The highest BCUT2D eigenvalue weighted by molar-refractivity contribution is 5.98. The monoisotopic (exact) mass is 353 g/mol. The van der Waals surface area contributed by atoms with Gasteiger partial charge in [0.15, 0.2) is 0 Å². The molecule has 2 aliphatic rings. The highest BCUT2D eigenvalue weighted by Gasteiger charge is 2.17. The molecule has 0 atom stereocenters. The molecule has 2 aromatic rings. The van der Waals surface area contributed by atoms with E-state index in [2.05, 4.69) is 35.3 Å². The van der Waals surface area contributed by atoms with Crippen molar-refractivity contribution in [2.75, 3.05) is 6.61 Å². The van der Waals surface area contributed by atoms with E-state index < -0.39 is 0 Å². The van der Waals surface area contributed by atoms with E-state index in [0.717, 1.165) is 16.7 Å². The quantitative estimate of drug-likeness (QED) is 0.442. The fourth-order valence-corrected chi connectivity index (χ4v) is 3.33. The number of benzene rings is 1. The van der Waals surface area contributed by atoms with Gasteiger partial charge in [0, 0.05) is 12.4 Å². The Morgan fingerprint density at radius 1 is 0.778 bits per heavy atom. The summed E-state index contributed by atoms with van der Waals surface area (Å²) in [5.41, 5.74) is 7.45. The van der Waals surface area contributed by atoms with E-state index in [9.17, 15) is 4.79 Å². The molecule has 1 heterocycles. The number of fused-ring (bicyclic) bond motifs is 1. The Kier molecular flexibility index (Phi) is 4.67. The lowest BCUT2D eigenvalue weighted by atomic mass is 10.0. The van der Waals surface area contributed by atoms with Gasteiger partial charge in [-0.15, -0.1) is 0 Å². The van der Waals surface area contributed by atoms with Crippen molar-refractivity contribution < 1.29 is 9.53 Å². The average Bonchev–Trinajstić information content (AvgIpc) is 2.90. The Morgan fingerprint density at radius 2 is 1.37 bits per heavy atom.